The predicted molar refractivity (Wildman–Crippen MR) is 31.5 cm³/mol. The molecule has 0 unspecified atom stereocenters. The van der Waals surface area contributed by atoms with Crippen molar-refractivity contribution in [3.8, 4) is 0 Å². The fraction of sp³-hybridized carbons (Fsp3) is 0.833. The molecule has 1 aliphatic heterocycles. The molecule has 0 atom stereocenters. The van der Waals surface area contributed by atoms with E-state index < -0.39 is 0 Å². The molecule has 0 aromatic carbocycles. The van der Waals surface area contributed by atoms with E-state index in [1.165, 1.54) is 0 Å². The van der Waals surface area contributed by atoms with Crippen LogP contribution in [0.5, 0.6) is 0 Å². The number of amides is 1. The zero-order valence-electron chi connectivity index (χ0n) is 5.18. The van der Waals surface area contributed by atoms with Gasteiger partial charge in [0.05, 0.1) is 0 Å². The summed E-state index contributed by atoms with van der Waals surface area (Å²) in [6.45, 7) is 4.03. The topological polar surface area (TPSA) is 20.1 Å². The molecular weight excluding hydrogens is 102 g/mol. The van der Waals surface area contributed by atoms with E-state index in [-0.39, 0.29) is 0 Å². The van der Waals surface area contributed by atoms with Crippen molar-refractivity contribution in [3.63, 3.8) is 0 Å². The molecule has 1 saturated heterocycles. The van der Waals surface area contributed by atoms with Crippen molar-refractivity contribution in [2.45, 2.75) is 19.8 Å². The van der Waals surface area contributed by atoms with Crippen molar-refractivity contribution >= 4 is 5.91 Å². The van der Waals surface area contributed by atoms with E-state index in [2.05, 4.69) is 0 Å². The van der Waals surface area contributed by atoms with Gasteiger partial charge in [-0.25, -0.2) is 0 Å². The first-order valence-corrected chi connectivity index (χ1v) is 3.12. The largest absolute Gasteiger partial charge is 0.339 e. The number of hydrogen-bond acceptors (Lipinski definition) is 1. The van der Waals surface area contributed by atoms with Crippen LogP contribution < -0.4 is 0 Å². The molecule has 8 heavy (non-hydrogen) atoms. The summed E-state index contributed by atoms with van der Waals surface area (Å²) in [6.07, 6.45) is 1.72. The second kappa shape index (κ2) is 2.16. The molecule has 0 saturated carbocycles. The third kappa shape index (κ3) is 1.22. The number of nitrogens with zero attached hydrogens (tertiary/aromatic N) is 1. The lowest BCUT2D eigenvalue weighted by Crippen LogP contribution is -2.08. The van der Waals surface area contributed by atoms with Gasteiger partial charge < -0.3 is 4.90 Å². The van der Waals surface area contributed by atoms with Gasteiger partial charge in [-0.1, -0.05) is 6.92 Å². The Balaban J connectivity index is 2.13. The summed E-state index contributed by atoms with van der Waals surface area (Å²) in [5.74, 6) is 0.326. The highest BCUT2D eigenvalue weighted by Crippen LogP contribution is 2.06. The molecule has 1 amide bonds. The maximum absolute atomic E-state index is 10.7. The highest BCUT2D eigenvalue weighted by Gasteiger charge is 2.22. The normalized spacial score (nSPS) is 16.4. The monoisotopic (exact) mass is 113 g/mol. The molecule has 1 rings (SSSR count). The van der Waals surface area contributed by atoms with Crippen LogP contribution in [0.25, 0.3) is 0 Å². The van der Waals surface area contributed by atoms with E-state index in [1.807, 2.05) is 11.8 Å². The summed E-state index contributed by atoms with van der Waals surface area (Å²) in [4.78, 5) is 12.6. The van der Waals surface area contributed by atoms with Gasteiger partial charge in [-0.2, -0.15) is 0 Å². The lowest BCUT2D eigenvalue weighted by Gasteiger charge is -1.95. The molecule has 0 bridgehead atoms. The van der Waals surface area contributed by atoms with Crippen LogP contribution in [0.2, 0.25) is 0 Å². The fourth-order valence-electron chi connectivity index (χ4n) is 0.671. The van der Waals surface area contributed by atoms with Gasteiger partial charge in [0.25, 0.3) is 0 Å². The maximum atomic E-state index is 10.7. The van der Waals surface area contributed by atoms with Crippen molar-refractivity contribution in [3.05, 3.63) is 0 Å². The van der Waals surface area contributed by atoms with Gasteiger partial charge in [-0.05, 0) is 6.42 Å². The Kier molecular flexibility index (Phi) is 1.51. The average molecular weight is 113 g/mol. The summed E-state index contributed by atoms with van der Waals surface area (Å²) in [5, 5.41) is 0. The number of rotatable bonds is 2. The Bertz CT molecular complexity index is 96.7. The van der Waals surface area contributed by atoms with Crippen molar-refractivity contribution in [1.29, 1.82) is 0 Å². The molecule has 2 nitrogen and oxygen atoms in total. The highest BCUT2D eigenvalue weighted by molar-refractivity contribution is 5.78. The average Bonchev–Trinajstić information content (AvgIpc) is 2.45. The molecule has 46 valence electrons. The molecular formula is C6H11NO. The molecule has 0 aliphatic carbocycles. The second-order valence-electron chi connectivity index (χ2n) is 2.13. The number of carbonyl (C=O) groups is 1. The molecule has 0 radical (unpaired) electrons. The van der Waals surface area contributed by atoms with Crippen LogP contribution in [-0.4, -0.2) is 23.9 Å². The Morgan fingerprint density at radius 1 is 1.62 bits per heavy atom. The molecule has 0 N–H and O–H groups in total. The molecule has 1 aliphatic rings. The minimum Gasteiger partial charge on any atom is -0.339 e. The summed E-state index contributed by atoms with van der Waals surface area (Å²) in [6, 6.07) is 0. The van der Waals surface area contributed by atoms with E-state index in [0.29, 0.717) is 5.91 Å². The zero-order chi connectivity index (χ0) is 5.98. The van der Waals surface area contributed by atoms with Crippen molar-refractivity contribution in [2.24, 2.45) is 0 Å². The van der Waals surface area contributed by atoms with Crippen molar-refractivity contribution in [1.82, 2.24) is 4.90 Å². The first-order valence-electron chi connectivity index (χ1n) is 3.12. The van der Waals surface area contributed by atoms with Crippen LogP contribution in [-0.2, 0) is 4.79 Å². The third-order valence-corrected chi connectivity index (χ3v) is 1.26. The van der Waals surface area contributed by atoms with Crippen molar-refractivity contribution < 1.29 is 4.79 Å². The SMILES string of the molecule is CCCC(=O)N1CC1. The Labute approximate surface area is 49.5 Å². The van der Waals surface area contributed by atoms with Crippen molar-refractivity contribution in [2.75, 3.05) is 13.1 Å². The van der Waals surface area contributed by atoms with Gasteiger partial charge in [-0.3, -0.25) is 4.79 Å². The van der Waals surface area contributed by atoms with Gasteiger partial charge in [0, 0.05) is 19.5 Å². The Hall–Kier alpha value is -0.530. The second-order valence-corrected chi connectivity index (χ2v) is 2.13. The molecule has 2 heteroatoms. The summed E-state index contributed by atoms with van der Waals surface area (Å²) in [5.41, 5.74) is 0. The molecule has 0 aromatic heterocycles. The van der Waals surface area contributed by atoms with Crippen LogP contribution in [0.15, 0.2) is 0 Å². The smallest absolute Gasteiger partial charge is 0.222 e. The lowest BCUT2D eigenvalue weighted by molar-refractivity contribution is -0.125. The summed E-state index contributed by atoms with van der Waals surface area (Å²) >= 11 is 0. The van der Waals surface area contributed by atoms with Gasteiger partial charge >= 0.3 is 0 Å². The van der Waals surface area contributed by atoms with Gasteiger partial charge in [-0.15, -0.1) is 0 Å². The van der Waals surface area contributed by atoms with E-state index in [0.717, 1.165) is 25.9 Å². The van der Waals surface area contributed by atoms with E-state index >= 15 is 0 Å². The van der Waals surface area contributed by atoms with Gasteiger partial charge in [0.2, 0.25) is 5.91 Å². The summed E-state index contributed by atoms with van der Waals surface area (Å²) < 4.78 is 0. The minimum atomic E-state index is 0.326. The Morgan fingerprint density at radius 2 is 2.25 bits per heavy atom. The van der Waals surface area contributed by atoms with Crippen LogP contribution in [0.4, 0.5) is 0 Å². The highest BCUT2D eigenvalue weighted by atomic mass is 16.2. The van der Waals surface area contributed by atoms with E-state index in [4.69, 9.17) is 0 Å². The van der Waals surface area contributed by atoms with E-state index in [9.17, 15) is 4.79 Å². The Morgan fingerprint density at radius 3 is 2.62 bits per heavy atom. The molecule has 1 heterocycles. The maximum Gasteiger partial charge on any atom is 0.222 e. The lowest BCUT2D eigenvalue weighted by atomic mass is 10.3. The predicted octanol–water partition coefficient (Wildman–Crippen LogP) is 0.629. The van der Waals surface area contributed by atoms with E-state index in [1.54, 1.807) is 0 Å². The quantitative estimate of drug-likeness (QED) is 0.481. The minimum absolute atomic E-state index is 0.326. The molecule has 0 spiro atoms. The number of carbonyl (C=O) groups excluding carboxylic acids is 1. The standard InChI is InChI=1S/C6H11NO/c1-2-3-6(8)7-4-5-7/h2-5H2,1H3. The summed E-state index contributed by atoms with van der Waals surface area (Å²) in [7, 11) is 0. The van der Waals surface area contributed by atoms with Crippen LogP contribution in [0, 0.1) is 0 Å². The van der Waals surface area contributed by atoms with Crippen LogP contribution in [0.1, 0.15) is 19.8 Å². The van der Waals surface area contributed by atoms with Gasteiger partial charge in [0.1, 0.15) is 0 Å². The molecule has 1 fully saturated rings. The first-order chi connectivity index (χ1) is 3.84. The fourth-order valence-corrected chi connectivity index (χ4v) is 0.671. The zero-order valence-corrected chi connectivity index (χ0v) is 5.18. The van der Waals surface area contributed by atoms with Crippen LogP contribution >= 0.6 is 0 Å². The first kappa shape index (κ1) is 5.60. The number of hydrogen-bond donors (Lipinski definition) is 0. The van der Waals surface area contributed by atoms with Gasteiger partial charge in [0.15, 0.2) is 0 Å². The third-order valence-electron chi connectivity index (χ3n) is 1.26. The van der Waals surface area contributed by atoms with Crippen LogP contribution in [0.3, 0.4) is 0 Å². The molecule has 0 aromatic rings.